The van der Waals surface area contributed by atoms with Gasteiger partial charge >= 0.3 is 5.97 Å². The lowest BCUT2D eigenvalue weighted by molar-refractivity contribution is 0.0602. The van der Waals surface area contributed by atoms with Gasteiger partial charge in [0.25, 0.3) is 0 Å². The molecule has 1 aromatic heterocycles. The van der Waals surface area contributed by atoms with Crippen LogP contribution in [0.25, 0.3) is 0 Å². The van der Waals surface area contributed by atoms with Crippen molar-refractivity contribution in [3.8, 4) is 0 Å². The Balaban J connectivity index is 2.27. The highest BCUT2D eigenvalue weighted by molar-refractivity contribution is 7.10. The number of ether oxygens (including phenoxy) is 1. The molecule has 1 heterocycles. The summed E-state index contributed by atoms with van der Waals surface area (Å²) in [5.41, 5.74) is 7.69. The summed E-state index contributed by atoms with van der Waals surface area (Å²) in [5.74, 6) is -0.417. The van der Waals surface area contributed by atoms with Crippen LogP contribution in [0.1, 0.15) is 41.0 Å². The third-order valence-corrected chi connectivity index (χ3v) is 4.29. The zero-order valence-electron chi connectivity index (χ0n) is 12.3. The summed E-state index contributed by atoms with van der Waals surface area (Å²) in [6, 6.07) is 9.72. The van der Waals surface area contributed by atoms with E-state index < -0.39 is 5.97 Å². The molecule has 0 fully saturated rings. The minimum absolute atomic E-state index is 0.199. The number of nitrogens with one attached hydrogen (secondary N) is 1. The first kappa shape index (κ1) is 15.4. The molecule has 1 unspecified atom stereocenters. The Labute approximate surface area is 128 Å². The number of hydrogen-bond donors (Lipinski definition) is 2. The molecule has 0 aliphatic heterocycles. The Morgan fingerprint density at radius 2 is 2.19 bits per heavy atom. The van der Waals surface area contributed by atoms with Crippen molar-refractivity contribution in [2.24, 2.45) is 0 Å². The van der Waals surface area contributed by atoms with Crippen LogP contribution < -0.4 is 11.1 Å². The number of carbonyl (C=O) groups excluding carboxylic acids is 1. The van der Waals surface area contributed by atoms with E-state index in [1.807, 2.05) is 18.2 Å². The van der Waals surface area contributed by atoms with Gasteiger partial charge in [-0.05, 0) is 30.0 Å². The van der Waals surface area contributed by atoms with Crippen LogP contribution in [0, 0.1) is 0 Å². The molecule has 4 nitrogen and oxygen atoms in total. The molecule has 21 heavy (non-hydrogen) atoms. The van der Waals surface area contributed by atoms with E-state index in [4.69, 9.17) is 10.5 Å². The Hall–Kier alpha value is -2.01. The number of hydrogen-bond acceptors (Lipinski definition) is 5. The van der Waals surface area contributed by atoms with E-state index in [2.05, 4.69) is 23.7 Å². The van der Waals surface area contributed by atoms with Crippen molar-refractivity contribution in [1.29, 1.82) is 0 Å². The van der Waals surface area contributed by atoms with Gasteiger partial charge in [-0.2, -0.15) is 0 Å². The number of nitrogen functional groups attached to an aromatic ring is 1. The number of nitrogens with two attached hydrogens (primary N) is 1. The second-order valence-electron chi connectivity index (χ2n) is 4.76. The number of thiophene rings is 1. The molecule has 0 radical (unpaired) electrons. The standard InChI is InChI=1S/C16H20N2O2S/c1-3-6-12(14-9-5-10-21-14)18-13-8-4-7-11(15(13)17)16(19)20-2/h4-5,7-10,12,18H,3,6,17H2,1-2H3. The van der Waals surface area contributed by atoms with E-state index in [9.17, 15) is 4.79 Å². The van der Waals surface area contributed by atoms with Crippen LogP contribution in [0.5, 0.6) is 0 Å². The van der Waals surface area contributed by atoms with Gasteiger partial charge in [0.1, 0.15) is 0 Å². The molecule has 0 aliphatic rings. The maximum absolute atomic E-state index is 11.7. The molecule has 1 aromatic carbocycles. The van der Waals surface area contributed by atoms with Crippen molar-refractivity contribution < 1.29 is 9.53 Å². The van der Waals surface area contributed by atoms with Crippen LogP contribution in [0.15, 0.2) is 35.7 Å². The van der Waals surface area contributed by atoms with Gasteiger partial charge in [-0.25, -0.2) is 4.79 Å². The SMILES string of the molecule is CCCC(Nc1cccc(C(=O)OC)c1N)c1cccs1. The quantitative estimate of drug-likeness (QED) is 0.623. The summed E-state index contributed by atoms with van der Waals surface area (Å²) in [6.45, 7) is 2.15. The smallest absolute Gasteiger partial charge is 0.340 e. The number of para-hydroxylation sites is 1. The molecule has 3 N–H and O–H groups in total. The van der Waals surface area contributed by atoms with Gasteiger partial charge < -0.3 is 15.8 Å². The van der Waals surface area contributed by atoms with Gasteiger partial charge in [-0.1, -0.05) is 25.5 Å². The Kier molecular flexibility index (Phi) is 5.22. The fraction of sp³-hybridized carbons (Fsp3) is 0.312. The molecule has 1 atom stereocenters. The van der Waals surface area contributed by atoms with Crippen LogP contribution in [-0.4, -0.2) is 13.1 Å². The predicted octanol–water partition coefficient (Wildman–Crippen LogP) is 4.07. The summed E-state index contributed by atoms with van der Waals surface area (Å²) in [6.07, 6.45) is 2.06. The maximum atomic E-state index is 11.7. The molecule has 0 bridgehead atoms. The van der Waals surface area contributed by atoms with Crippen LogP contribution in [0.3, 0.4) is 0 Å². The molecule has 5 heteroatoms. The molecule has 2 rings (SSSR count). The van der Waals surface area contributed by atoms with E-state index in [0.29, 0.717) is 11.3 Å². The fourth-order valence-corrected chi connectivity index (χ4v) is 3.04. The molecular weight excluding hydrogens is 284 g/mol. The third kappa shape index (κ3) is 3.55. The first-order valence-corrected chi connectivity index (χ1v) is 7.82. The van der Waals surface area contributed by atoms with Gasteiger partial charge in [0.2, 0.25) is 0 Å². The average molecular weight is 304 g/mol. The minimum Gasteiger partial charge on any atom is -0.465 e. The minimum atomic E-state index is -0.417. The zero-order valence-corrected chi connectivity index (χ0v) is 13.1. The van der Waals surface area contributed by atoms with Crippen LogP contribution in [0.4, 0.5) is 11.4 Å². The first-order valence-electron chi connectivity index (χ1n) is 6.94. The second kappa shape index (κ2) is 7.13. The molecule has 0 amide bonds. The summed E-state index contributed by atoms with van der Waals surface area (Å²) in [7, 11) is 1.35. The van der Waals surface area contributed by atoms with Crippen LogP contribution >= 0.6 is 11.3 Å². The Bertz CT molecular complexity index is 596. The highest BCUT2D eigenvalue weighted by atomic mass is 32.1. The van der Waals surface area contributed by atoms with Crippen molar-refractivity contribution in [2.45, 2.75) is 25.8 Å². The fourth-order valence-electron chi connectivity index (χ4n) is 2.23. The lowest BCUT2D eigenvalue weighted by Gasteiger charge is -2.20. The van der Waals surface area contributed by atoms with Crippen molar-refractivity contribution >= 4 is 28.7 Å². The number of benzene rings is 1. The number of carbonyl (C=O) groups is 1. The van der Waals surface area contributed by atoms with E-state index in [1.165, 1.54) is 12.0 Å². The largest absolute Gasteiger partial charge is 0.465 e. The predicted molar refractivity (Wildman–Crippen MR) is 87.8 cm³/mol. The highest BCUT2D eigenvalue weighted by Crippen LogP contribution is 2.31. The van der Waals surface area contributed by atoms with Gasteiger partial charge in [0.05, 0.1) is 30.1 Å². The molecule has 0 saturated heterocycles. The average Bonchev–Trinajstić information content (AvgIpc) is 3.02. The molecule has 2 aromatic rings. The Morgan fingerprint density at radius 1 is 1.38 bits per heavy atom. The number of methoxy groups -OCH3 is 1. The van der Waals surface area contributed by atoms with Crippen molar-refractivity contribution in [2.75, 3.05) is 18.2 Å². The molecule has 0 saturated carbocycles. The first-order chi connectivity index (χ1) is 10.2. The maximum Gasteiger partial charge on any atom is 0.340 e. The van der Waals surface area contributed by atoms with Gasteiger partial charge in [-0.15, -0.1) is 11.3 Å². The van der Waals surface area contributed by atoms with Crippen LogP contribution in [0.2, 0.25) is 0 Å². The number of rotatable bonds is 6. The van der Waals surface area contributed by atoms with Crippen molar-refractivity contribution in [1.82, 2.24) is 0 Å². The monoisotopic (exact) mass is 304 g/mol. The summed E-state index contributed by atoms with van der Waals surface area (Å²) < 4.78 is 4.75. The third-order valence-electron chi connectivity index (χ3n) is 3.31. The summed E-state index contributed by atoms with van der Waals surface area (Å²) in [5, 5.41) is 5.51. The lowest BCUT2D eigenvalue weighted by atomic mass is 10.1. The van der Waals surface area contributed by atoms with Crippen molar-refractivity contribution in [3.63, 3.8) is 0 Å². The molecule has 0 aliphatic carbocycles. The second-order valence-corrected chi connectivity index (χ2v) is 5.74. The van der Waals surface area contributed by atoms with E-state index in [-0.39, 0.29) is 6.04 Å². The van der Waals surface area contributed by atoms with E-state index >= 15 is 0 Å². The van der Waals surface area contributed by atoms with Crippen molar-refractivity contribution in [3.05, 3.63) is 46.2 Å². The zero-order chi connectivity index (χ0) is 15.2. The lowest BCUT2D eigenvalue weighted by Crippen LogP contribution is -2.13. The van der Waals surface area contributed by atoms with E-state index in [0.717, 1.165) is 18.5 Å². The van der Waals surface area contributed by atoms with Gasteiger partial charge in [0, 0.05) is 4.88 Å². The molecule has 0 spiro atoms. The Morgan fingerprint density at radius 3 is 2.81 bits per heavy atom. The molecule has 112 valence electrons. The van der Waals surface area contributed by atoms with Gasteiger partial charge in [0.15, 0.2) is 0 Å². The molecular formula is C16H20N2O2S. The number of esters is 1. The summed E-state index contributed by atoms with van der Waals surface area (Å²) in [4.78, 5) is 13.0. The van der Waals surface area contributed by atoms with Crippen LogP contribution in [-0.2, 0) is 4.74 Å². The topological polar surface area (TPSA) is 64.3 Å². The van der Waals surface area contributed by atoms with Gasteiger partial charge in [-0.3, -0.25) is 0 Å². The normalized spacial score (nSPS) is 11.9. The summed E-state index contributed by atoms with van der Waals surface area (Å²) >= 11 is 1.72. The number of anilines is 2. The highest BCUT2D eigenvalue weighted by Gasteiger charge is 2.16. The van der Waals surface area contributed by atoms with E-state index in [1.54, 1.807) is 17.4 Å².